The number of methoxy groups -OCH3 is 1. The Morgan fingerprint density at radius 3 is 2.81 bits per heavy atom. The summed E-state index contributed by atoms with van der Waals surface area (Å²) in [6.07, 6.45) is 0.488. The fraction of sp³-hybridized carbons (Fsp3) is 0.333. The topological polar surface area (TPSA) is 63.6 Å². The third-order valence-electron chi connectivity index (χ3n) is 2.86. The second kappa shape index (κ2) is 3.96. The van der Waals surface area contributed by atoms with Crippen LogP contribution in [0.3, 0.4) is 0 Å². The van der Waals surface area contributed by atoms with Crippen molar-refractivity contribution in [2.75, 3.05) is 7.11 Å². The van der Waals surface area contributed by atoms with Crippen molar-refractivity contribution in [2.45, 2.75) is 12.8 Å². The number of hydrogen-bond donors (Lipinski definition) is 1. The Balaban J connectivity index is 2.39. The minimum atomic E-state index is -0.915. The zero-order valence-corrected chi connectivity index (χ0v) is 8.90. The maximum atomic E-state index is 11.7. The van der Waals surface area contributed by atoms with Crippen LogP contribution < -0.4 is 4.74 Å². The minimum absolute atomic E-state index is 0.0919. The first-order chi connectivity index (χ1) is 7.61. The summed E-state index contributed by atoms with van der Waals surface area (Å²) in [6, 6.07) is 5.16. The van der Waals surface area contributed by atoms with Crippen molar-refractivity contribution >= 4 is 11.8 Å². The van der Waals surface area contributed by atoms with Gasteiger partial charge in [-0.15, -0.1) is 0 Å². The average molecular weight is 220 g/mol. The number of benzene rings is 1. The van der Waals surface area contributed by atoms with Gasteiger partial charge in [-0.25, -0.2) is 0 Å². The summed E-state index contributed by atoms with van der Waals surface area (Å²) in [7, 11) is 1.54. The highest BCUT2D eigenvalue weighted by Gasteiger charge is 2.29. The van der Waals surface area contributed by atoms with E-state index in [4.69, 9.17) is 9.84 Å². The molecule has 0 heterocycles. The molecule has 84 valence electrons. The molecule has 0 saturated heterocycles. The summed E-state index contributed by atoms with van der Waals surface area (Å²) < 4.78 is 5.05. The number of carboxylic acid groups (broad SMARTS) is 1. The molecule has 0 amide bonds. The smallest absolute Gasteiger partial charge is 0.307 e. The van der Waals surface area contributed by atoms with Gasteiger partial charge in [-0.2, -0.15) is 0 Å². The van der Waals surface area contributed by atoms with E-state index in [9.17, 15) is 9.59 Å². The van der Waals surface area contributed by atoms with Gasteiger partial charge in [-0.05, 0) is 30.2 Å². The Bertz CT molecular complexity index is 450. The number of hydrogen-bond acceptors (Lipinski definition) is 3. The predicted octanol–water partition coefficient (Wildman–Crippen LogP) is 1.52. The van der Waals surface area contributed by atoms with Crippen LogP contribution in [0.4, 0.5) is 0 Å². The van der Waals surface area contributed by atoms with Gasteiger partial charge in [0.2, 0.25) is 0 Å². The lowest BCUT2D eigenvalue weighted by atomic mass is 9.83. The molecule has 1 atom stereocenters. The molecule has 1 aliphatic rings. The lowest BCUT2D eigenvalue weighted by Gasteiger charge is -2.20. The Morgan fingerprint density at radius 1 is 1.44 bits per heavy atom. The number of aliphatic carboxylic acids is 1. The molecule has 4 heteroatoms. The monoisotopic (exact) mass is 220 g/mol. The van der Waals surface area contributed by atoms with E-state index in [2.05, 4.69) is 0 Å². The standard InChI is InChI=1S/C12H12O4/c1-16-9-2-3-10-7(5-9)4-8(12(14)15)6-11(10)13/h2-3,5,8H,4,6H2,1H3,(H,14,15)/t8-/m1/s1. The summed E-state index contributed by atoms with van der Waals surface area (Å²) in [6.45, 7) is 0. The van der Waals surface area contributed by atoms with E-state index in [1.54, 1.807) is 25.3 Å². The van der Waals surface area contributed by atoms with Gasteiger partial charge < -0.3 is 9.84 Å². The first-order valence-corrected chi connectivity index (χ1v) is 5.04. The lowest BCUT2D eigenvalue weighted by Crippen LogP contribution is -2.26. The first-order valence-electron chi connectivity index (χ1n) is 5.04. The first kappa shape index (κ1) is 10.7. The van der Waals surface area contributed by atoms with Crippen molar-refractivity contribution in [1.82, 2.24) is 0 Å². The molecule has 0 unspecified atom stereocenters. The Hall–Kier alpha value is -1.84. The number of Topliss-reactive ketones (excluding diaryl/α,β-unsaturated/α-hetero) is 1. The summed E-state index contributed by atoms with van der Waals surface area (Å²) in [5, 5.41) is 8.92. The van der Waals surface area contributed by atoms with Crippen LogP contribution >= 0.6 is 0 Å². The average Bonchev–Trinajstić information content (AvgIpc) is 2.28. The quantitative estimate of drug-likeness (QED) is 0.820. The van der Waals surface area contributed by atoms with Gasteiger partial charge in [0.05, 0.1) is 13.0 Å². The van der Waals surface area contributed by atoms with Gasteiger partial charge in [0.25, 0.3) is 0 Å². The van der Waals surface area contributed by atoms with Gasteiger partial charge in [-0.3, -0.25) is 9.59 Å². The Morgan fingerprint density at radius 2 is 2.19 bits per heavy atom. The zero-order chi connectivity index (χ0) is 11.7. The molecule has 1 aliphatic carbocycles. The van der Waals surface area contributed by atoms with Crippen molar-refractivity contribution in [1.29, 1.82) is 0 Å². The number of rotatable bonds is 2. The molecule has 1 aromatic carbocycles. The number of carbonyl (C=O) groups excluding carboxylic acids is 1. The highest BCUT2D eigenvalue weighted by atomic mass is 16.5. The van der Waals surface area contributed by atoms with E-state index in [1.807, 2.05) is 0 Å². The molecule has 0 aliphatic heterocycles. The molecule has 1 N–H and O–H groups in total. The van der Waals surface area contributed by atoms with Crippen LogP contribution in [0.1, 0.15) is 22.3 Å². The van der Waals surface area contributed by atoms with Gasteiger partial charge in [0.15, 0.2) is 5.78 Å². The second-order valence-electron chi connectivity index (χ2n) is 3.89. The minimum Gasteiger partial charge on any atom is -0.497 e. The van der Waals surface area contributed by atoms with E-state index in [0.29, 0.717) is 17.7 Å². The highest BCUT2D eigenvalue weighted by molar-refractivity contribution is 6.01. The molecule has 0 radical (unpaired) electrons. The van der Waals surface area contributed by atoms with E-state index < -0.39 is 11.9 Å². The van der Waals surface area contributed by atoms with Crippen LogP contribution in [0, 0.1) is 5.92 Å². The predicted molar refractivity (Wildman–Crippen MR) is 56.8 cm³/mol. The number of ketones is 1. The number of carboxylic acids is 1. The molecule has 0 fully saturated rings. The molecule has 0 spiro atoms. The van der Waals surface area contributed by atoms with Gasteiger partial charge in [0, 0.05) is 12.0 Å². The van der Waals surface area contributed by atoms with Crippen LogP contribution in [0.2, 0.25) is 0 Å². The van der Waals surface area contributed by atoms with Crippen LogP contribution in [0.5, 0.6) is 5.75 Å². The van der Waals surface area contributed by atoms with E-state index in [1.165, 1.54) is 0 Å². The molecule has 2 rings (SSSR count). The number of ether oxygens (including phenoxy) is 1. The summed E-state index contributed by atoms with van der Waals surface area (Å²) in [5.74, 6) is -0.970. The van der Waals surface area contributed by atoms with Crippen molar-refractivity contribution in [3.63, 3.8) is 0 Å². The van der Waals surface area contributed by atoms with Crippen LogP contribution in [-0.2, 0) is 11.2 Å². The molecule has 16 heavy (non-hydrogen) atoms. The SMILES string of the molecule is COc1ccc2c(c1)C[C@@H](C(=O)O)CC2=O. The maximum Gasteiger partial charge on any atom is 0.307 e. The van der Waals surface area contributed by atoms with E-state index in [0.717, 1.165) is 5.56 Å². The van der Waals surface area contributed by atoms with Crippen molar-refractivity contribution in [2.24, 2.45) is 5.92 Å². The molecule has 0 saturated carbocycles. The van der Waals surface area contributed by atoms with Gasteiger partial charge >= 0.3 is 5.97 Å². The van der Waals surface area contributed by atoms with Crippen molar-refractivity contribution < 1.29 is 19.4 Å². The fourth-order valence-electron chi connectivity index (χ4n) is 1.98. The van der Waals surface area contributed by atoms with Crippen molar-refractivity contribution in [3.8, 4) is 5.75 Å². The van der Waals surface area contributed by atoms with Crippen molar-refractivity contribution in [3.05, 3.63) is 29.3 Å². The largest absolute Gasteiger partial charge is 0.497 e. The van der Waals surface area contributed by atoms with Crippen LogP contribution in [-0.4, -0.2) is 24.0 Å². The third kappa shape index (κ3) is 1.78. The molecular formula is C12H12O4. The Kier molecular flexibility index (Phi) is 2.64. The molecule has 1 aromatic rings. The van der Waals surface area contributed by atoms with Gasteiger partial charge in [-0.1, -0.05) is 0 Å². The molecule has 4 nitrogen and oxygen atoms in total. The fourth-order valence-corrected chi connectivity index (χ4v) is 1.98. The third-order valence-corrected chi connectivity index (χ3v) is 2.86. The summed E-state index contributed by atoms with van der Waals surface area (Å²) in [4.78, 5) is 22.6. The summed E-state index contributed by atoms with van der Waals surface area (Å²) >= 11 is 0. The maximum absolute atomic E-state index is 11.7. The normalized spacial score (nSPS) is 19.1. The lowest BCUT2D eigenvalue weighted by molar-refractivity contribution is -0.141. The number of fused-ring (bicyclic) bond motifs is 1. The Labute approximate surface area is 92.8 Å². The van der Waals surface area contributed by atoms with Crippen LogP contribution in [0.25, 0.3) is 0 Å². The second-order valence-corrected chi connectivity index (χ2v) is 3.89. The van der Waals surface area contributed by atoms with Crippen LogP contribution in [0.15, 0.2) is 18.2 Å². The van der Waals surface area contributed by atoms with Gasteiger partial charge in [0.1, 0.15) is 5.75 Å². The zero-order valence-electron chi connectivity index (χ0n) is 8.90. The molecular weight excluding hydrogens is 208 g/mol. The molecule has 0 bridgehead atoms. The van der Waals surface area contributed by atoms with E-state index in [-0.39, 0.29) is 12.2 Å². The number of carbonyl (C=O) groups is 2. The van der Waals surface area contributed by atoms with E-state index >= 15 is 0 Å². The highest BCUT2D eigenvalue weighted by Crippen LogP contribution is 2.28. The molecule has 0 aromatic heterocycles. The summed E-state index contributed by atoms with van der Waals surface area (Å²) in [5.41, 5.74) is 1.39.